The highest BCUT2D eigenvalue weighted by atomic mass is 15.0. The van der Waals surface area contributed by atoms with Crippen LogP contribution in [0.15, 0.2) is 182 Å². The molecule has 0 aliphatic carbocycles. The van der Waals surface area contributed by atoms with E-state index in [2.05, 4.69) is 201 Å². The lowest BCUT2D eigenvalue weighted by Gasteiger charge is -2.16. The molecule has 0 amide bonds. The Bertz CT molecular complexity index is 3940. The molecular formula is C58H36N6. The van der Waals surface area contributed by atoms with Crippen LogP contribution in [-0.2, 0) is 0 Å². The Morgan fingerprint density at radius 1 is 0.375 bits per heavy atom. The first-order valence-electron chi connectivity index (χ1n) is 21.5. The molecule has 0 bridgehead atoms. The van der Waals surface area contributed by atoms with Crippen LogP contribution in [0, 0.1) is 31.8 Å². The van der Waals surface area contributed by atoms with Crippen molar-refractivity contribution in [2.75, 3.05) is 0 Å². The number of hydrogen-bond acceptors (Lipinski definition) is 1. The van der Waals surface area contributed by atoms with Gasteiger partial charge >= 0.3 is 0 Å². The van der Waals surface area contributed by atoms with Gasteiger partial charge in [-0.3, -0.25) is 0 Å². The van der Waals surface area contributed by atoms with Crippen LogP contribution in [0.1, 0.15) is 16.7 Å². The van der Waals surface area contributed by atoms with Crippen molar-refractivity contribution in [2.24, 2.45) is 0 Å². The molecule has 0 aliphatic rings. The minimum Gasteiger partial charge on any atom is -0.319 e. The normalized spacial score (nSPS) is 11.9. The number of para-hydroxylation sites is 4. The Morgan fingerprint density at radius 3 is 1.23 bits per heavy atom. The van der Waals surface area contributed by atoms with Crippen LogP contribution < -0.4 is 0 Å². The van der Waals surface area contributed by atoms with E-state index in [4.69, 9.17) is 6.57 Å². The Kier molecular flexibility index (Phi) is 7.47. The predicted octanol–water partition coefficient (Wildman–Crippen LogP) is 15.1. The molecule has 13 aromatic rings. The van der Waals surface area contributed by atoms with Crippen LogP contribution in [0.3, 0.4) is 0 Å². The molecule has 0 saturated heterocycles. The highest BCUT2D eigenvalue weighted by molar-refractivity contribution is 6.21. The molecule has 0 atom stereocenters. The number of fused-ring (bicyclic) bond motifs is 12. The molecule has 4 heterocycles. The van der Waals surface area contributed by atoms with Gasteiger partial charge in [-0.15, -0.1) is 0 Å². The number of benzene rings is 9. The fourth-order valence-corrected chi connectivity index (χ4v) is 10.5. The van der Waals surface area contributed by atoms with E-state index in [0.717, 1.165) is 110 Å². The van der Waals surface area contributed by atoms with Gasteiger partial charge in [-0.2, -0.15) is 5.26 Å². The molecule has 0 radical (unpaired) electrons. The zero-order chi connectivity index (χ0) is 42.8. The van der Waals surface area contributed by atoms with Crippen molar-refractivity contribution in [1.82, 2.24) is 18.3 Å². The quantitative estimate of drug-likeness (QED) is 0.163. The van der Waals surface area contributed by atoms with Crippen molar-refractivity contribution in [3.63, 3.8) is 0 Å². The molecule has 4 aromatic heterocycles. The molecule has 6 nitrogen and oxygen atoms in total. The van der Waals surface area contributed by atoms with E-state index in [9.17, 15) is 5.26 Å². The highest BCUT2D eigenvalue weighted by Gasteiger charge is 2.24. The maximum Gasteiger partial charge on any atom is 0.212 e. The van der Waals surface area contributed by atoms with Crippen LogP contribution >= 0.6 is 0 Å². The third-order valence-electron chi connectivity index (χ3n) is 13.3. The molecule has 0 N–H and O–H groups in total. The molecule has 13 rings (SSSR count). The van der Waals surface area contributed by atoms with Gasteiger partial charge < -0.3 is 18.3 Å². The van der Waals surface area contributed by atoms with E-state index in [1.807, 2.05) is 24.3 Å². The van der Waals surface area contributed by atoms with Gasteiger partial charge in [0.2, 0.25) is 5.69 Å². The topological polar surface area (TPSA) is 47.9 Å². The molecule has 0 aliphatic heterocycles. The van der Waals surface area contributed by atoms with Gasteiger partial charge in [-0.25, -0.2) is 4.85 Å². The van der Waals surface area contributed by atoms with Crippen LogP contribution in [0.5, 0.6) is 0 Å². The second kappa shape index (κ2) is 13.3. The zero-order valence-corrected chi connectivity index (χ0v) is 35.0. The predicted molar refractivity (Wildman–Crippen MR) is 264 cm³/mol. The average molecular weight is 817 g/mol. The van der Waals surface area contributed by atoms with Crippen LogP contribution in [0.25, 0.3) is 115 Å². The van der Waals surface area contributed by atoms with Crippen molar-refractivity contribution >= 4 is 92.9 Å². The molecule has 0 spiro atoms. The van der Waals surface area contributed by atoms with Gasteiger partial charge in [0.25, 0.3) is 0 Å². The number of rotatable bonds is 4. The van der Waals surface area contributed by atoms with Gasteiger partial charge in [-0.05, 0) is 111 Å². The lowest BCUT2D eigenvalue weighted by Crippen LogP contribution is -2.02. The van der Waals surface area contributed by atoms with Crippen LogP contribution in [0.2, 0.25) is 0 Å². The maximum atomic E-state index is 11.2. The van der Waals surface area contributed by atoms with E-state index < -0.39 is 0 Å². The summed E-state index contributed by atoms with van der Waals surface area (Å²) in [6.45, 7) is 13.0. The molecular weight excluding hydrogens is 781 g/mol. The Labute approximate surface area is 367 Å². The Balaban J connectivity index is 1.11. The highest BCUT2D eigenvalue weighted by Crippen LogP contribution is 2.45. The molecule has 6 heteroatoms. The van der Waals surface area contributed by atoms with Crippen molar-refractivity contribution in [3.05, 3.63) is 210 Å². The van der Waals surface area contributed by atoms with Gasteiger partial charge in [0, 0.05) is 54.5 Å². The van der Waals surface area contributed by atoms with Crippen LogP contribution in [-0.4, -0.2) is 18.3 Å². The first-order valence-corrected chi connectivity index (χ1v) is 21.5. The van der Waals surface area contributed by atoms with E-state index in [-0.39, 0.29) is 0 Å². The summed E-state index contributed by atoms with van der Waals surface area (Å²) >= 11 is 0. The lowest BCUT2D eigenvalue weighted by atomic mass is 10.1. The number of nitrogens with zero attached hydrogens (tertiary/aromatic N) is 6. The van der Waals surface area contributed by atoms with E-state index in [0.29, 0.717) is 22.6 Å². The average Bonchev–Trinajstić information content (AvgIpc) is 4.04. The van der Waals surface area contributed by atoms with Crippen molar-refractivity contribution in [1.29, 1.82) is 5.26 Å². The minimum atomic E-state index is 0.462. The van der Waals surface area contributed by atoms with Crippen LogP contribution in [0.4, 0.5) is 5.69 Å². The fourth-order valence-electron chi connectivity index (χ4n) is 10.5. The maximum absolute atomic E-state index is 11.2. The summed E-state index contributed by atoms with van der Waals surface area (Å²) in [5.41, 5.74) is 15.2. The summed E-state index contributed by atoms with van der Waals surface area (Å²) in [6.07, 6.45) is 0. The standard InChI is InChI=1S/C58H36N6/c1-35-22-24-51-42(26-35)46-31-54-44(40-18-10-12-20-49(40)61(54)38-14-6-4-7-15-38)29-56(46)63(51)53-33-48(60-3)58(28-37(53)34-59)64-52-25-23-36(2)27-43(52)47-32-55-45(30-57(47)64)41-19-11-13-21-50(41)62(55)39-16-8-5-9-17-39/h4-33H,1-2H3. The smallest absolute Gasteiger partial charge is 0.212 e. The largest absolute Gasteiger partial charge is 0.319 e. The van der Waals surface area contributed by atoms with Gasteiger partial charge in [0.1, 0.15) is 6.07 Å². The fraction of sp³-hybridized carbons (Fsp3) is 0.0345. The second-order valence-electron chi connectivity index (χ2n) is 16.9. The summed E-state index contributed by atoms with van der Waals surface area (Å²) in [5, 5.41) is 20.1. The second-order valence-corrected chi connectivity index (χ2v) is 16.9. The molecule has 0 fully saturated rings. The van der Waals surface area contributed by atoms with Gasteiger partial charge in [-0.1, -0.05) is 96.1 Å². The molecule has 0 unspecified atom stereocenters. The summed E-state index contributed by atoms with van der Waals surface area (Å²) in [4.78, 5) is 4.26. The van der Waals surface area contributed by atoms with Gasteiger partial charge in [0.15, 0.2) is 0 Å². The SMILES string of the molecule is [C-]#[N+]c1cc(-n2c3ccc(C)cc3c3cc4c(cc32)c2ccccc2n4-c2ccccc2)c(C#N)cc1-n1c2ccc(C)cc2c2cc3c(cc21)c1ccccc1n3-c1ccccc1. The third-order valence-corrected chi connectivity index (χ3v) is 13.3. The van der Waals surface area contributed by atoms with Crippen molar-refractivity contribution < 1.29 is 0 Å². The monoisotopic (exact) mass is 816 g/mol. The first kappa shape index (κ1) is 35.9. The van der Waals surface area contributed by atoms with Gasteiger partial charge in [0.05, 0.1) is 67.6 Å². The molecule has 64 heavy (non-hydrogen) atoms. The minimum absolute atomic E-state index is 0.462. The molecule has 9 aromatic carbocycles. The summed E-state index contributed by atoms with van der Waals surface area (Å²) < 4.78 is 9.09. The van der Waals surface area contributed by atoms with E-state index in [1.54, 1.807) is 0 Å². The number of hydrogen-bond donors (Lipinski definition) is 0. The number of nitriles is 1. The van der Waals surface area contributed by atoms with Crippen molar-refractivity contribution in [3.8, 4) is 28.8 Å². The van der Waals surface area contributed by atoms with E-state index in [1.165, 1.54) is 0 Å². The third kappa shape index (κ3) is 4.94. The number of aromatic nitrogens is 4. The molecule has 298 valence electrons. The lowest BCUT2D eigenvalue weighted by molar-refractivity contribution is 1.14. The molecule has 0 saturated carbocycles. The summed E-state index contributed by atoms with van der Waals surface area (Å²) in [6, 6.07) is 66.8. The Hall–Kier alpha value is -8.84. The summed E-state index contributed by atoms with van der Waals surface area (Å²) in [5.74, 6) is 0. The zero-order valence-electron chi connectivity index (χ0n) is 35.0. The number of aryl methyl sites for hydroxylation is 2. The van der Waals surface area contributed by atoms with Crippen molar-refractivity contribution in [2.45, 2.75) is 13.8 Å². The summed E-state index contributed by atoms with van der Waals surface area (Å²) in [7, 11) is 0. The Morgan fingerprint density at radius 2 is 0.766 bits per heavy atom. The first-order chi connectivity index (χ1) is 31.5. The van der Waals surface area contributed by atoms with E-state index >= 15 is 0 Å².